The molecule has 1 aliphatic rings. The van der Waals surface area contributed by atoms with Crippen molar-refractivity contribution in [1.82, 2.24) is 10.0 Å². The molecule has 1 aromatic rings. The molecule has 2 heterocycles. The van der Waals surface area contributed by atoms with Crippen molar-refractivity contribution in [1.29, 1.82) is 0 Å². The predicted octanol–water partition coefficient (Wildman–Crippen LogP) is 1.31. The molecular weight excluding hydrogens is 180 g/mol. The van der Waals surface area contributed by atoms with Crippen molar-refractivity contribution in [3.05, 3.63) is 28.7 Å². The highest BCUT2D eigenvalue weighted by atomic mass is 16.5. The zero-order chi connectivity index (χ0) is 10.3. The van der Waals surface area contributed by atoms with E-state index in [1.54, 1.807) is 13.1 Å². The molecule has 0 saturated carbocycles. The van der Waals surface area contributed by atoms with Gasteiger partial charge in [0.15, 0.2) is 5.78 Å². The highest BCUT2D eigenvalue weighted by molar-refractivity contribution is 5.99. The summed E-state index contributed by atoms with van der Waals surface area (Å²) in [6, 6.07) is 0. The molecular formula is C10H12N2O2. The number of carbonyl (C=O) groups excluding carboxylic acids is 1. The summed E-state index contributed by atoms with van der Waals surface area (Å²) in [6.07, 6.45) is 3.60. The minimum atomic E-state index is -0.0156. The standard InChI is InChI=1S/C10H12N2O2/c1-6-10(7(2)13)8-3-4-11-5-9(8)12(6)14/h3-4,11,14H,5H2,1-2H3. The summed E-state index contributed by atoms with van der Waals surface area (Å²) >= 11 is 0. The van der Waals surface area contributed by atoms with E-state index in [1.165, 1.54) is 6.92 Å². The second-order valence-corrected chi connectivity index (χ2v) is 3.40. The van der Waals surface area contributed by atoms with E-state index < -0.39 is 0 Å². The van der Waals surface area contributed by atoms with Crippen LogP contribution in [0.1, 0.15) is 34.2 Å². The van der Waals surface area contributed by atoms with Crippen molar-refractivity contribution < 1.29 is 10.0 Å². The molecule has 74 valence electrons. The molecule has 0 unspecified atom stereocenters. The zero-order valence-corrected chi connectivity index (χ0v) is 8.16. The van der Waals surface area contributed by atoms with Crippen molar-refractivity contribution in [2.45, 2.75) is 20.4 Å². The van der Waals surface area contributed by atoms with E-state index in [4.69, 9.17) is 0 Å². The fourth-order valence-corrected chi connectivity index (χ4v) is 1.85. The molecule has 0 atom stereocenters. The number of nitrogens with one attached hydrogen (secondary N) is 1. The maximum Gasteiger partial charge on any atom is 0.162 e. The van der Waals surface area contributed by atoms with Crippen molar-refractivity contribution in [3.63, 3.8) is 0 Å². The van der Waals surface area contributed by atoms with Gasteiger partial charge in [-0.25, -0.2) is 0 Å². The lowest BCUT2D eigenvalue weighted by atomic mass is 10.0. The highest BCUT2D eigenvalue weighted by Crippen LogP contribution is 2.25. The second-order valence-electron chi connectivity index (χ2n) is 3.40. The molecule has 0 spiro atoms. The number of fused-ring (bicyclic) bond motifs is 1. The first kappa shape index (κ1) is 8.87. The topological polar surface area (TPSA) is 54.3 Å². The van der Waals surface area contributed by atoms with Crippen LogP contribution in [0.5, 0.6) is 0 Å². The maximum atomic E-state index is 11.4. The molecule has 0 radical (unpaired) electrons. The average Bonchev–Trinajstić information content (AvgIpc) is 2.41. The molecule has 0 aromatic carbocycles. The van der Waals surface area contributed by atoms with Crippen LogP contribution in [-0.2, 0) is 6.54 Å². The van der Waals surface area contributed by atoms with Crippen LogP contribution in [0.4, 0.5) is 0 Å². The van der Waals surface area contributed by atoms with E-state index in [-0.39, 0.29) is 5.78 Å². The van der Waals surface area contributed by atoms with Gasteiger partial charge in [-0.3, -0.25) is 4.79 Å². The Morgan fingerprint density at radius 2 is 2.36 bits per heavy atom. The highest BCUT2D eigenvalue weighted by Gasteiger charge is 2.22. The van der Waals surface area contributed by atoms with Gasteiger partial charge >= 0.3 is 0 Å². The molecule has 0 aliphatic carbocycles. The second kappa shape index (κ2) is 2.90. The van der Waals surface area contributed by atoms with E-state index >= 15 is 0 Å². The van der Waals surface area contributed by atoms with Gasteiger partial charge in [-0.05, 0) is 26.1 Å². The van der Waals surface area contributed by atoms with Crippen LogP contribution < -0.4 is 5.32 Å². The van der Waals surface area contributed by atoms with Crippen LogP contribution >= 0.6 is 0 Å². The third-order valence-electron chi connectivity index (χ3n) is 2.50. The SMILES string of the molecule is CC(=O)c1c2c(n(O)c1C)CNC=C2. The molecule has 1 aromatic heterocycles. The average molecular weight is 192 g/mol. The number of hydrogen-bond donors (Lipinski definition) is 2. The summed E-state index contributed by atoms with van der Waals surface area (Å²) < 4.78 is 1.09. The number of Topliss-reactive ketones (excluding diaryl/α,β-unsaturated/α-hetero) is 1. The van der Waals surface area contributed by atoms with Gasteiger partial charge in [-0.1, -0.05) is 0 Å². The summed E-state index contributed by atoms with van der Waals surface area (Å²) in [4.78, 5) is 11.4. The van der Waals surface area contributed by atoms with Crippen LogP contribution in [0.25, 0.3) is 6.08 Å². The minimum Gasteiger partial charge on any atom is -0.428 e. The normalized spacial score (nSPS) is 13.6. The molecule has 4 heteroatoms. The Morgan fingerprint density at radius 1 is 1.64 bits per heavy atom. The summed E-state index contributed by atoms with van der Waals surface area (Å²) in [5.41, 5.74) is 2.79. The maximum absolute atomic E-state index is 11.4. The number of aromatic nitrogens is 1. The zero-order valence-electron chi connectivity index (χ0n) is 8.16. The van der Waals surface area contributed by atoms with E-state index in [9.17, 15) is 10.0 Å². The smallest absolute Gasteiger partial charge is 0.162 e. The Hall–Kier alpha value is -1.71. The first-order chi connectivity index (χ1) is 6.63. The largest absolute Gasteiger partial charge is 0.428 e. The minimum absolute atomic E-state index is 0.0156. The Balaban J connectivity index is 2.73. The number of nitrogens with zero attached hydrogens (tertiary/aromatic N) is 1. The van der Waals surface area contributed by atoms with E-state index in [1.807, 2.05) is 6.08 Å². The number of hydrogen-bond acceptors (Lipinski definition) is 3. The summed E-state index contributed by atoms with van der Waals surface area (Å²) in [6.45, 7) is 3.80. The van der Waals surface area contributed by atoms with Gasteiger partial charge in [-0.2, -0.15) is 4.73 Å². The van der Waals surface area contributed by atoms with Crippen LogP contribution in [0, 0.1) is 6.92 Å². The van der Waals surface area contributed by atoms with E-state index in [0.717, 1.165) is 16.0 Å². The Labute approximate surface area is 81.8 Å². The lowest BCUT2D eigenvalue weighted by Gasteiger charge is -2.09. The summed E-state index contributed by atoms with van der Waals surface area (Å²) in [5.74, 6) is -0.0156. The Bertz CT molecular complexity index is 430. The number of ketones is 1. The number of rotatable bonds is 1. The third-order valence-corrected chi connectivity index (χ3v) is 2.50. The molecule has 0 fully saturated rings. The first-order valence-electron chi connectivity index (χ1n) is 4.47. The number of carbonyl (C=O) groups is 1. The molecule has 14 heavy (non-hydrogen) atoms. The van der Waals surface area contributed by atoms with Crippen molar-refractivity contribution >= 4 is 11.9 Å². The van der Waals surface area contributed by atoms with E-state index in [0.29, 0.717) is 17.8 Å². The summed E-state index contributed by atoms with van der Waals surface area (Å²) in [7, 11) is 0. The van der Waals surface area contributed by atoms with Gasteiger partial charge in [-0.15, -0.1) is 0 Å². The lowest BCUT2D eigenvalue weighted by Crippen LogP contribution is -2.13. The van der Waals surface area contributed by atoms with Crippen LogP contribution in [0.3, 0.4) is 0 Å². The molecule has 1 aliphatic heterocycles. The molecule has 2 N–H and O–H groups in total. The Kier molecular flexibility index (Phi) is 1.84. The predicted molar refractivity (Wildman–Crippen MR) is 52.2 cm³/mol. The first-order valence-corrected chi connectivity index (χ1v) is 4.47. The lowest BCUT2D eigenvalue weighted by molar-refractivity contribution is 0.101. The molecule has 4 nitrogen and oxygen atoms in total. The van der Waals surface area contributed by atoms with Gasteiger partial charge in [0, 0.05) is 11.1 Å². The fourth-order valence-electron chi connectivity index (χ4n) is 1.85. The third kappa shape index (κ3) is 1.04. The van der Waals surface area contributed by atoms with Gasteiger partial charge < -0.3 is 10.5 Å². The van der Waals surface area contributed by atoms with E-state index in [2.05, 4.69) is 5.32 Å². The van der Waals surface area contributed by atoms with Crippen LogP contribution in [0.15, 0.2) is 6.20 Å². The van der Waals surface area contributed by atoms with Crippen LogP contribution in [-0.4, -0.2) is 15.7 Å². The van der Waals surface area contributed by atoms with Gasteiger partial charge in [0.05, 0.1) is 17.9 Å². The van der Waals surface area contributed by atoms with Crippen molar-refractivity contribution in [2.75, 3.05) is 0 Å². The van der Waals surface area contributed by atoms with Crippen LogP contribution in [0.2, 0.25) is 0 Å². The summed E-state index contributed by atoms with van der Waals surface area (Å²) in [5, 5.41) is 12.7. The van der Waals surface area contributed by atoms with Gasteiger partial charge in [0.1, 0.15) is 0 Å². The van der Waals surface area contributed by atoms with Crippen molar-refractivity contribution in [2.24, 2.45) is 0 Å². The Morgan fingerprint density at radius 3 is 3.00 bits per heavy atom. The van der Waals surface area contributed by atoms with Gasteiger partial charge in [0.2, 0.25) is 0 Å². The monoisotopic (exact) mass is 192 g/mol. The fraction of sp³-hybridized carbons (Fsp3) is 0.300. The molecule has 0 saturated heterocycles. The molecule has 0 bridgehead atoms. The van der Waals surface area contributed by atoms with Gasteiger partial charge in [0.25, 0.3) is 0 Å². The molecule has 2 rings (SSSR count). The quantitative estimate of drug-likeness (QED) is 0.521. The van der Waals surface area contributed by atoms with Crippen molar-refractivity contribution in [3.8, 4) is 0 Å². The molecule has 0 amide bonds.